The highest BCUT2D eigenvalue weighted by Crippen LogP contribution is 1.78. The largest absolute Gasteiger partial charge is 0.481 e. The van der Waals surface area contributed by atoms with E-state index in [0.717, 1.165) is 19.8 Å². The topological polar surface area (TPSA) is 89.0 Å². The second-order valence-corrected chi connectivity index (χ2v) is 1.60. The van der Waals surface area contributed by atoms with Gasteiger partial charge in [-0.25, -0.2) is 0 Å². The Morgan fingerprint density at radius 1 is 1.50 bits per heavy atom. The average Bonchev–Trinajstić information content (AvgIpc) is 1.66. The van der Waals surface area contributed by atoms with Crippen molar-refractivity contribution >= 4 is 5.97 Å². The molecule has 0 aromatic heterocycles. The van der Waals surface area contributed by atoms with E-state index in [1.807, 2.05) is 0 Å². The zero-order valence-electron chi connectivity index (χ0n) is 6.42. The Hall–Kier alpha value is -0.610. The van der Waals surface area contributed by atoms with Gasteiger partial charge in [0.25, 0.3) is 5.97 Å². The van der Waals surface area contributed by atoms with Gasteiger partial charge in [-0.05, 0) is 6.42 Å². The molecule has 0 heterocycles. The fraction of sp³-hybridized carbons (Fsp3) is 0.833. The smallest absolute Gasteiger partial charge is 0.300 e. The van der Waals surface area contributed by atoms with Gasteiger partial charge in [-0.3, -0.25) is 4.79 Å². The van der Waals surface area contributed by atoms with Gasteiger partial charge < -0.3 is 15.7 Å². The van der Waals surface area contributed by atoms with E-state index < -0.39 is 5.97 Å². The maximum atomic E-state index is 9.00. The molecule has 0 saturated heterocycles. The Morgan fingerprint density at radius 2 is 1.80 bits per heavy atom. The van der Waals surface area contributed by atoms with Crippen molar-refractivity contribution in [1.82, 2.24) is 0 Å². The van der Waals surface area contributed by atoms with Crippen molar-refractivity contribution < 1.29 is 20.5 Å². The van der Waals surface area contributed by atoms with Gasteiger partial charge >= 0.3 is 0 Å². The summed E-state index contributed by atoms with van der Waals surface area (Å²) in [6.45, 7) is 3.48. The average molecular weight is 152 g/mol. The fourth-order valence-corrected chi connectivity index (χ4v) is 0.158. The lowest BCUT2D eigenvalue weighted by Crippen LogP contribution is -1.78. The van der Waals surface area contributed by atoms with Crippen LogP contribution in [0, 0.1) is 0 Å². The molecule has 0 amide bonds. The molecule has 10 heavy (non-hydrogen) atoms. The standard InChI is InChI=1S/C4H10O.C2H4O2.H2O/c1-2-3-4-5;1-2(3)4;/h5H,2-4H2,1H3;1H3,(H,3,4);1H2. The minimum absolute atomic E-state index is 0. The molecule has 0 radical (unpaired) electrons. The molecule has 0 aromatic rings. The number of carboxylic acids is 1. The highest BCUT2D eigenvalue weighted by Gasteiger charge is 1.69. The van der Waals surface area contributed by atoms with Gasteiger partial charge in [0, 0.05) is 13.5 Å². The van der Waals surface area contributed by atoms with Crippen LogP contribution in [-0.2, 0) is 4.79 Å². The molecule has 64 valence electrons. The van der Waals surface area contributed by atoms with Crippen LogP contribution in [0.5, 0.6) is 0 Å². The summed E-state index contributed by atoms with van der Waals surface area (Å²) in [6, 6.07) is 0. The lowest BCUT2D eigenvalue weighted by molar-refractivity contribution is -0.134. The van der Waals surface area contributed by atoms with Crippen molar-refractivity contribution in [3.05, 3.63) is 0 Å². The second-order valence-electron chi connectivity index (χ2n) is 1.60. The third kappa shape index (κ3) is 156. The van der Waals surface area contributed by atoms with Crippen LogP contribution in [0.3, 0.4) is 0 Å². The molecule has 4 N–H and O–H groups in total. The molecular formula is C6H16O4. The number of aliphatic hydroxyl groups excluding tert-OH is 1. The number of carboxylic acid groups (broad SMARTS) is 1. The van der Waals surface area contributed by atoms with Crippen LogP contribution < -0.4 is 0 Å². The van der Waals surface area contributed by atoms with E-state index in [1.54, 1.807) is 0 Å². The first-order valence-electron chi connectivity index (χ1n) is 2.95. The van der Waals surface area contributed by atoms with Crippen LogP contribution in [0.1, 0.15) is 26.7 Å². The predicted octanol–water partition coefficient (Wildman–Crippen LogP) is 0.0450. The van der Waals surface area contributed by atoms with E-state index in [9.17, 15) is 0 Å². The van der Waals surface area contributed by atoms with Gasteiger partial charge in [-0.1, -0.05) is 13.3 Å². The van der Waals surface area contributed by atoms with Gasteiger partial charge in [0.05, 0.1) is 0 Å². The maximum absolute atomic E-state index is 9.00. The lowest BCUT2D eigenvalue weighted by atomic mass is 10.4. The summed E-state index contributed by atoms with van der Waals surface area (Å²) in [7, 11) is 0. The number of unbranched alkanes of at least 4 members (excludes halogenated alkanes) is 1. The van der Waals surface area contributed by atoms with Gasteiger partial charge in [0.15, 0.2) is 0 Å². The van der Waals surface area contributed by atoms with E-state index in [2.05, 4.69) is 6.92 Å². The van der Waals surface area contributed by atoms with E-state index >= 15 is 0 Å². The van der Waals surface area contributed by atoms with Crippen molar-refractivity contribution in [2.45, 2.75) is 26.7 Å². The zero-order chi connectivity index (χ0) is 7.70. The van der Waals surface area contributed by atoms with Crippen molar-refractivity contribution in [3.63, 3.8) is 0 Å². The molecule has 0 atom stereocenters. The van der Waals surface area contributed by atoms with E-state index in [-0.39, 0.29) is 5.48 Å². The second kappa shape index (κ2) is 15.8. The van der Waals surface area contributed by atoms with Crippen LogP contribution in [0.4, 0.5) is 0 Å². The van der Waals surface area contributed by atoms with Crippen molar-refractivity contribution in [3.8, 4) is 0 Å². The first-order valence-corrected chi connectivity index (χ1v) is 2.95. The van der Waals surface area contributed by atoms with E-state index in [0.29, 0.717) is 6.61 Å². The summed E-state index contributed by atoms with van der Waals surface area (Å²) >= 11 is 0. The van der Waals surface area contributed by atoms with Gasteiger partial charge in [-0.15, -0.1) is 0 Å². The molecule has 0 rings (SSSR count). The van der Waals surface area contributed by atoms with Gasteiger partial charge in [0.2, 0.25) is 0 Å². The molecule has 0 aliphatic rings. The molecule has 4 heteroatoms. The summed E-state index contributed by atoms with van der Waals surface area (Å²) in [5.41, 5.74) is 0. The Morgan fingerprint density at radius 3 is 1.80 bits per heavy atom. The van der Waals surface area contributed by atoms with E-state index in [1.165, 1.54) is 0 Å². The SMILES string of the molecule is CC(=O)O.CCCCO.O. The quantitative estimate of drug-likeness (QED) is 0.585. The highest BCUT2D eigenvalue weighted by atomic mass is 16.4. The van der Waals surface area contributed by atoms with Crippen LogP contribution in [0.25, 0.3) is 0 Å². The lowest BCUT2D eigenvalue weighted by Gasteiger charge is -1.79. The molecule has 0 fully saturated rings. The van der Waals surface area contributed by atoms with Crippen LogP contribution in [0.2, 0.25) is 0 Å². The number of aliphatic carboxylic acids is 1. The number of carbonyl (C=O) groups is 1. The normalized spacial score (nSPS) is 6.70. The Kier molecular flexibility index (Phi) is 25.5. The number of hydrogen-bond acceptors (Lipinski definition) is 2. The van der Waals surface area contributed by atoms with Crippen molar-refractivity contribution in [1.29, 1.82) is 0 Å². The Labute approximate surface area is 60.8 Å². The molecule has 0 aromatic carbocycles. The highest BCUT2D eigenvalue weighted by molar-refractivity contribution is 5.62. The summed E-state index contributed by atoms with van der Waals surface area (Å²) in [5, 5.41) is 15.5. The van der Waals surface area contributed by atoms with Gasteiger partial charge in [0.1, 0.15) is 0 Å². The Bertz CT molecular complexity index is 56.8. The number of rotatable bonds is 2. The van der Waals surface area contributed by atoms with E-state index in [4.69, 9.17) is 15.0 Å². The molecule has 0 saturated carbocycles. The Balaban J connectivity index is -0.0000000910. The molecule has 0 unspecified atom stereocenters. The summed E-state index contributed by atoms with van der Waals surface area (Å²) in [4.78, 5) is 9.00. The van der Waals surface area contributed by atoms with Crippen LogP contribution >= 0.6 is 0 Å². The predicted molar refractivity (Wildman–Crippen MR) is 38.9 cm³/mol. The monoisotopic (exact) mass is 152 g/mol. The van der Waals surface area contributed by atoms with Crippen molar-refractivity contribution in [2.75, 3.05) is 6.61 Å². The molecule has 0 bridgehead atoms. The minimum Gasteiger partial charge on any atom is -0.481 e. The van der Waals surface area contributed by atoms with Crippen molar-refractivity contribution in [2.24, 2.45) is 0 Å². The number of hydrogen-bond donors (Lipinski definition) is 2. The molecule has 0 aliphatic carbocycles. The first kappa shape index (κ1) is 16.2. The third-order valence-electron chi connectivity index (χ3n) is 0.512. The zero-order valence-corrected chi connectivity index (χ0v) is 6.42. The minimum atomic E-state index is -0.833. The molecule has 0 aliphatic heterocycles. The summed E-state index contributed by atoms with van der Waals surface area (Å²) in [6.07, 6.45) is 2.04. The molecular weight excluding hydrogens is 136 g/mol. The summed E-state index contributed by atoms with van der Waals surface area (Å²) in [5.74, 6) is -0.833. The molecule has 0 spiro atoms. The summed E-state index contributed by atoms with van der Waals surface area (Å²) < 4.78 is 0. The molecule has 4 nitrogen and oxygen atoms in total. The number of aliphatic hydroxyl groups is 1. The first-order chi connectivity index (χ1) is 4.15. The maximum Gasteiger partial charge on any atom is 0.300 e. The third-order valence-corrected chi connectivity index (χ3v) is 0.512. The van der Waals surface area contributed by atoms with Crippen LogP contribution in [-0.4, -0.2) is 28.3 Å². The fourth-order valence-electron chi connectivity index (χ4n) is 0.158. The van der Waals surface area contributed by atoms with Gasteiger partial charge in [-0.2, -0.15) is 0 Å². The van der Waals surface area contributed by atoms with Crippen LogP contribution in [0.15, 0.2) is 0 Å².